The lowest BCUT2D eigenvalue weighted by atomic mass is 10.1. The summed E-state index contributed by atoms with van der Waals surface area (Å²) in [5.41, 5.74) is 0.927. The summed E-state index contributed by atoms with van der Waals surface area (Å²) in [7, 11) is -3.83. The molecule has 150 valence electrons. The first-order valence-electron chi connectivity index (χ1n) is 8.69. The van der Waals surface area contributed by atoms with Crippen LogP contribution < -0.4 is 10.3 Å². The number of nitrogens with one attached hydrogen (secondary N) is 1. The van der Waals surface area contributed by atoms with Crippen LogP contribution in [0.4, 0.5) is 4.39 Å². The van der Waals surface area contributed by atoms with Gasteiger partial charge < -0.3 is 0 Å². The molecule has 29 heavy (non-hydrogen) atoms. The van der Waals surface area contributed by atoms with E-state index in [2.05, 4.69) is 9.71 Å². The normalized spacial score (nSPS) is 11.4. The van der Waals surface area contributed by atoms with E-state index in [0.29, 0.717) is 16.8 Å². The number of carbonyl (C=O) groups excluding carboxylic acids is 1. The second-order valence-electron chi connectivity index (χ2n) is 6.29. The van der Waals surface area contributed by atoms with Crippen molar-refractivity contribution in [3.8, 4) is 11.3 Å². The summed E-state index contributed by atoms with van der Waals surface area (Å²) in [4.78, 5) is 27.8. The lowest BCUT2D eigenvalue weighted by Gasteiger charge is -2.09. The molecule has 1 aromatic heterocycles. The number of sulfonamides is 1. The fraction of sp³-hybridized carbons (Fsp3) is 0.150. The van der Waals surface area contributed by atoms with Crippen molar-refractivity contribution in [2.45, 2.75) is 18.4 Å². The topological polar surface area (TPSA) is 98.1 Å². The zero-order valence-corrected chi connectivity index (χ0v) is 16.3. The molecule has 0 saturated heterocycles. The van der Waals surface area contributed by atoms with Crippen LogP contribution in [0.3, 0.4) is 0 Å². The van der Waals surface area contributed by atoms with Gasteiger partial charge >= 0.3 is 0 Å². The highest BCUT2D eigenvalue weighted by atomic mass is 32.2. The Labute approximate surface area is 166 Å². The molecule has 0 amide bonds. The molecule has 0 fully saturated rings. The number of halogens is 1. The lowest BCUT2D eigenvalue weighted by Crippen LogP contribution is -2.31. The minimum absolute atomic E-state index is 0.0256. The summed E-state index contributed by atoms with van der Waals surface area (Å²) in [6, 6.07) is 12.6. The van der Waals surface area contributed by atoms with Gasteiger partial charge in [0.25, 0.3) is 5.56 Å². The van der Waals surface area contributed by atoms with Crippen molar-refractivity contribution in [2.24, 2.45) is 0 Å². The van der Waals surface area contributed by atoms with Crippen LogP contribution in [0, 0.1) is 5.82 Å². The maximum absolute atomic E-state index is 13.0. The predicted molar refractivity (Wildman–Crippen MR) is 106 cm³/mol. The third kappa shape index (κ3) is 5.01. The van der Waals surface area contributed by atoms with Gasteiger partial charge in [-0.1, -0.05) is 12.1 Å². The molecule has 0 aliphatic heterocycles. The molecule has 0 radical (unpaired) electrons. The van der Waals surface area contributed by atoms with Gasteiger partial charge in [0.2, 0.25) is 10.0 Å². The number of ketones is 1. The molecule has 0 aliphatic rings. The van der Waals surface area contributed by atoms with Crippen LogP contribution in [-0.4, -0.2) is 30.3 Å². The van der Waals surface area contributed by atoms with Crippen molar-refractivity contribution >= 4 is 15.8 Å². The highest BCUT2D eigenvalue weighted by Crippen LogP contribution is 2.15. The van der Waals surface area contributed by atoms with E-state index >= 15 is 0 Å². The van der Waals surface area contributed by atoms with E-state index < -0.39 is 10.0 Å². The number of hydrogen-bond donors (Lipinski definition) is 1. The Morgan fingerprint density at radius 1 is 1.14 bits per heavy atom. The smallest absolute Gasteiger partial charge is 0.253 e. The van der Waals surface area contributed by atoms with Gasteiger partial charge in [0.05, 0.1) is 16.9 Å². The van der Waals surface area contributed by atoms with Gasteiger partial charge in [0.15, 0.2) is 5.78 Å². The second-order valence-corrected chi connectivity index (χ2v) is 8.06. The molecule has 2 aromatic carbocycles. The van der Waals surface area contributed by atoms with Crippen LogP contribution in [-0.2, 0) is 16.6 Å². The molecule has 7 nitrogen and oxygen atoms in total. The molecule has 3 rings (SSSR count). The van der Waals surface area contributed by atoms with Gasteiger partial charge in [-0.25, -0.2) is 22.5 Å². The average molecular weight is 415 g/mol. The molecule has 0 saturated carbocycles. The summed E-state index contributed by atoms with van der Waals surface area (Å²) in [6.45, 7) is 1.39. The van der Waals surface area contributed by atoms with Crippen LogP contribution in [0.25, 0.3) is 11.3 Å². The minimum Gasteiger partial charge on any atom is -0.298 e. The van der Waals surface area contributed by atoms with E-state index in [0.717, 1.165) is 0 Å². The summed E-state index contributed by atoms with van der Waals surface area (Å²) in [6.07, 6.45) is 1.31. The molecule has 0 spiro atoms. The first-order chi connectivity index (χ1) is 13.8. The third-order valence-corrected chi connectivity index (χ3v) is 5.67. The fourth-order valence-corrected chi connectivity index (χ4v) is 3.70. The van der Waals surface area contributed by atoms with Crippen LogP contribution >= 0.6 is 0 Å². The number of hydrogen-bond acceptors (Lipinski definition) is 5. The highest BCUT2D eigenvalue weighted by molar-refractivity contribution is 7.89. The molecular weight excluding hydrogens is 397 g/mol. The van der Waals surface area contributed by atoms with Crippen LogP contribution in [0.2, 0.25) is 0 Å². The molecule has 0 bridgehead atoms. The molecule has 0 atom stereocenters. The van der Waals surface area contributed by atoms with Crippen molar-refractivity contribution in [2.75, 3.05) is 6.54 Å². The number of aromatic nitrogens is 2. The maximum Gasteiger partial charge on any atom is 0.253 e. The van der Waals surface area contributed by atoms with Crippen molar-refractivity contribution in [1.82, 2.24) is 14.3 Å². The van der Waals surface area contributed by atoms with Gasteiger partial charge in [0.1, 0.15) is 5.82 Å². The molecular formula is C20H18FN3O4S. The SMILES string of the molecule is CC(=O)c1cccc(S(=O)(=O)NCCn2cnc(-c3ccc(F)cc3)cc2=O)c1. The third-order valence-electron chi connectivity index (χ3n) is 4.22. The monoisotopic (exact) mass is 415 g/mol. The van der Waals surface area contributed by atoms with E-state index in [1.54, 1.807) is 0 Å². The Morgan fingerprint density at radius 3 is 2.52 bits per heavy atom. The molecule has 1 N–H and O–H groups in total. The second kappa shape index (κ2) is 8.46. The first-order valence-corrected chi connectivity index (χ1v) is 10.2. The Morgan fingerprint density at radius 2 is 1.86 bits per heavy atom. The van der Waals surface area contributed by atoms with E-state index in [4.69, 9.17) is 0 Å². The Bertz CT molecular complexity index is 1200. The Kier molecular flexibility index (Phi) is 6.00. The number of benzene rings is 2. The number of carbonyl (C=O) groups is 1. The number of nitrogens with zero attached hydrogens (tertiary/aromatic N) is 2. The molecule has 0 unspecified atom stereocenters. The average Bonchev–Trinajstić information content (AvgIpc) is 2.70. The Hall–Kier alpha value is -3.17. The van der Waals surface area contributed by atoms with Crippen molar-refractivity contribution in [3.63, 3.8) is 0 Å². The summed E-state index contributed by atoms with van der Waals surface area (Å²) < 4.78 is 41.5. The quantitative estimate of drug-likeness (QED) is 0.597. The summed E-state index contributed by atoms with van der Waals surface area (Å²) in [5.74, 6) is -0.621. The van der Waals surface area contributed by atoms with E-state index in [1.807, 2.05) is 0 Å². The van der Waals surface area contributed by atoms with Gasteiger partial charge in [-0.15, -0.1) is 0 Å². The van der Waals surface area contributed by atoms with Crippen LogP contribution in [0.1, 0.15) is 17.3 Å². The van der Waals surface area contributed by atoms with Gasteiger partial charge in [0, 0.05) is 30.3 Å². The number of Topliss-reactive ketones (excluding diaryl/α,β-unsaturated/α-hetero) is 1. The molecule has 9 heteroatoms. The molecule has 1 heterocycles. The van der Waals surface area contributed by atoms with Crippen molar-refractivity contribution in [1.29, 1.82) is 0 Å². The largest absolute Gasteiger partial charge is 0.298 e. The van der Waals surface area contributed by atoms with E-state index in [-0.39, 0.29) is 35.1 Å². The maximum atomic E-state index is 13.0. The zero-order chi connectivity index (χ0) is 21.0. The standard InChI is InChI=1S/C20H18FN3O4S/c1-14(25)16-3-2-4-18(11-16)29(27,28)23-9-10-24-13-22-19(12-20(24)26)15-5-7-17(21)8-6-15/h2-8,11-13,23H,9-10H2,1H3. The number of rotatable bonds is 7. The predicted octanol–water partition coefficient (Wildman–Crippen LogP) is 2.23. The summed E-state index contributed by atoms with van der Waals surface area (Å²) in [5, 5.41) is 0. The lowest BCUT2D eigenvalue weighted by molar-refractivity contribution is 0.101. The van der Waals surface area contributed by atoms with Crippen LogP contribution in [0.15, 0.2) is 70.6 Å². The van der Waals surface area contributed by atoms with Gasteiger partial charge in [-0.3, -0.25) is 14.2 Å². The Balaban J connectivity index is 1.68. The zero-order valence-electron chi connectivity index (χ0n) is 15.5. The van der Waals surface area contributed by atoms with Gasteiger partial charge in [-0.05, 0) is 43.3 Å². The van der Waals surface area contributed by atoms with E-state index in [9.17, 15) is 22.4 Å². The highest BCUT2D eigenvalue weighted by Gasteiger charge is 2.15. The van der Waals surface area contributed by atoms with Crippen molar-refractivity contribution < 1.29 is 17.6 Å². The molecule has 3 aromatic rings. The van der Waals surface area contributed by atoms with Gasteiger partial charge in [-0.2, -0.15) is 0 Å². The summed E-state index contributed by atoms with van der Waals surface area (Å²) >= 11 is 0. The molecule has 0 aliphatic carbocycles. The van der Waals surface area contributed by atoms with Crippen LogP contribution in [0.5, 0.6) is 0 Å². The fourth-order valence-electron chi connectivity index (χ4n) is 2.64. The van der Waals surface area contributed by atoms with E-state index in [1.165, 1.54) is 72.4 Å². The van der Waals surface area contributed by atoms with Crippen molar-refractivity contribution in [3.05, 3.63) is 82.7 Å². The first kappa shape index (κ1) is 20.6. The minimum atomic E-state index is -3.83.